The fourth-order valence-corrected chi connectivity index (χ4v) is 4.96. The number of carbonyl (C=O) groups excluding carboxylic acids is 1. The van der Waals surface area contributed by atoms with E-state index < -0.39 is 21.5 Å². The quantitative estimate of drug-likeness (QED) is 0.482. The third kappa shape index (κ3) is 4.67. The number of amides is 1. The Bertz CT molecular complexity index is 1380. The Labute approximate surface area is 180 Å². The summed E-state index contributed by atoms with van der Waals surface area (Å²) >= 11 is 0. The summed E-state index contributed by atoms with van der Waals surface area (Å²) in [5.74, 6) is -1.63. The minimum Gasteiger partial charge on any atom is -0.342 e. The molecule has 0 aliphatic rings. The maximum absolute atomic E-state index is 13.6. The molecule has 0 unspecified atom stereocenters. The molecule has 0 saturated heterocycles. The van der Waals surface area contributed by atoms with Gasteiger partial charge in [0.1, 0.15) is 11.6 Å². The minimum absolute atomic E-state index is 0.0823. The van der Waals surface area contributed by atoms with Crippen molar-refractivity contribution in [2.75, 3.05) is 11.1 Å². The monoisotopic (exact) mass is 436 g/mol. The first-order chi connectivity index (χ1) is 14.8. The summed E-state index contributed by atoms with van der Waals surface area (Å²) < 4.78 is 41.5. The largest absolute Gasteiger partial charge is 0.342 e. The average Bonchev–Trinajstić information content (AvgIpc) is 3.07. The van der Waals surface area contributed by atoms with Crippen molar-refractivity contribution in [3.8, 4) is 0 Å². The molecule has 1 aromatic heterocycles. The number of sulfone groups is 1. The van der Waals surface area contributed by atoms with Gasteiger partial charge in [0.05, 0.1) is 4.90 Å². The van der Waals surface area contributed by atoms with Crippen molar-refractivity contribution in [2.24, 2.45) is 0 Å². The van der Waals surface area contributed by atoms with Gasteiger partial charge in [0.15, 0.2) is 9.84 Å². The first-order valence-electron chi connectivity index (χ1n) is 9.73. The molecule has 7 heteroatoms. The number of aryl methyl sites for hydroxylation is 1. The van der Waals surface area contributed by atoms with Crippen molar-refractivity contribution in [1.29, 1.82) is 0 Å². The van der Waals surface area contributed by atoms with E-state index in [9.17, 15) is 17.6 Å². The molecule has 0 aliphatic carbocycles. The van der Waals surface area contributed by atoms with Gasteiger partial charge < -0.3 is 9.88 Å². The van der Waals surface area contributed by atoms with Crippen LogP contribution >= 0.6 is 0 Å². The Morgan fingerprint density at radius 2 is 1.77 bits per heavy atom. The molecule has 1 N–H and O–H groups in total. The van der Waals surface area contributed by atoms with Crippen molar-refractivity contribution < 1.29 is 17.6 Å². The zero-order valence-electron chi connectivity index (χ0n) is 16.9. The number of nitrogens with zero attached hydrogens (tertiary/aromatic N) is 1. The van der Waals surface area contributed by atoms with Crippen molar-refractivity contribution in [3.63, 3.8) is 0 Å². The highest BCUT2D eigenvalue weighted by molar-refractivity contribution is 7.92. The number of benzene rings is 3. The van der Waals surface area contributed by atoms with Gasteiger partial charge in [-0.15, -0.1) is 0 Å². The molecule has 0 atom stereocenters. The van der Waals surface area contributed by atoms with E-state index in [2.05, 4.69) is 5.32 Å². The smallest absolute Gasteiger partial charge is 0.239 e. The number of aromatic nitrogens is 1. The van der Waals surface area contributed by atoms with Gasteiger partial charge in [-0.2, -0.15) is 0 Å². The van der Waals surface area contributed by atoms with Gasteiger partial charge in [0, 0.05) is 29.3 Å². The Morgan fingerprint density at radius 3 is 2.55 bits per heavy atom. The topological polar surface area (TPSA) is 68.2 Å². The lowest BCUT2D eigenvalue weighted by atomic mass is 10.2. The first-order valence-corrected chi connectivity index (χ1v) is 11.4. The number of halogens is 1. The van der Waals surface area contributed by atoms with Crippen LogP contribution in [0.15, 0.2) is 83.9 Å². The van der Waals surface area contributed by atoms with Gasteiger partial charge in [-0.3, -0.25) is 4.79 Å². The second-order valence-electron chi connectivity index (χ2n) is 7.45. The summed E-state index contributed by atoms with van der Waals surface area (Å²) in [6, 6.07) is 20.4. The maximum Gasteiger partial charge on any atom is 0.239 e. The Morgan fingerprint density at radius 1 is 1.00 bits per heavy atom. The number of hydrogen-bond acceptors (Lipinski definition) is 3. The van der Waals surface area contributed by atoms with Gasteiger partial charge >= 0.3 is 0 Å². The number of carbonyl (C=O) groups is 1. The molecule has 0 fully saturated rings. The Balaban J connectivity index is 1.64. The average molecular weight is 437 g/mol. The maximum atomic E-state index is 13.6. The van der Waals surface area contributed by atoms with E-state index in [4.69, 9.17) is 0 Å². The van der Waals surface area contributed by atoms with Crippen molar-refractivity contribution in [2.45, 2.75) is 18.4 Å². The van der Waals surface area contributed by atoms with Crippen LogP contribution in [0, 0.1) is 12.7 Å². The summed E-state index contributed by atoms with van der Waals surface area (Å²) in [6.45, 7) is 2.20. The standard InChI is InChI=1S/C24H21FN2O3S/c1-17-6-4-9-20(12-17)26-24(28)16-31(29,30)23-15-27(22-11-3-2-10-21(22)23)14-18-7-5-8-19(25)13-18/h2-13,15H,14,16H2,1H3,(H,26,28). The van der Waals surface area contributed by atoms with Crippen LogP contribution in [-0.2, 0) is 21.2 Å². The van der Waals surface area contributed by atoms with Crippen LogP contribution < -0.4 is 5.32 Å². The third-order valence-electron chi connectivity index (χ3n) is 4.95. The van der Waals surface area contributed by atoms with Crippen LogP contribution in [0.25, 0.3) is 10.9 Å². The van der Waals surface area contributed by atoms with Crippen molar-refractivity contribution in [3.05, 3.63) is 95.9 Å². The van der Waals surface area contributed by atoms with Gasteiger partial charge in [-0.05, 0) is 48.4 Å². The number of para-hydroxylation sites is 1. The van der Waals surface area contributed by atoms with Crippen LogP contribution in [0.3, 0.4) is 0 Å². The van der Waals surface area contributed by atoms with Crippen molar-refractivity contribution in [1.82, 2.24) is 4.57 Å². The molecule has 1 amide bonds. The highest BCUT2D eigenvalue weighted by Gasteiger charge is 2.24. The van der Waals surface area contributed by atoms with E-state index in [1.54, 1.807) is 53.1 Å². The summed E-state index contributed by atoms with van der Waals surface area (Å²) in [5, 5.41) is 3.17. The molecule has 4 aromatic rings. The van der Waals surface area contributed by atoms with Crippen LogP contribution in [0.4, 0.5) is 10.1 Å². The molecular weight excluding hydrogens is 415 g/mol. The molecule has 1 heterocycles. The lowest BCUT2D eigenvalue weighted by Crippen LogP contribution is -2.23. The van der Waals surface area contributed by atoms with E-state index in [-0.39, 0.29) is 10.7 Å². The molecule has 0 radical (unpaired) electrons. The van der Waals surface area contributed by atoms with Gasteiger partial charge in [0.2, 0.25) is 5.91 Å². The van der Waals surface area contributed by atoms with Crippen LogP contribution in [0.2, 0.25) is 0 Å². The normalized spacial score (nSPS) is 11.5. The second kappa shape index (κ2) is 8.35. The van der Waals surface area contributed by atoms with E-state index in [0.717, 1.165) is 5.56 Å². The molecule has 5 nitrogen and oxygen atoms in total. The second-order valence-corrected chi connectivity index (χ2v) is 9.40. The fraction of sp³-hybridized carbons (Fsp3) is 0.125. The van der Waals surface area contributed by atoms with Crippen molar-refractivity contribution >= 4 is 32.3 Å². The fourth-order valence-electron chi connectivity index (χ4n) is 3.59. The summed E-state index contributed by atoms with van der Waals surface area (Å²) in [6.07, 6.45) is 1.52. The van der Waals surface area contributed by atoms with Gasteiger partial charge in [0.25, 0.3) is 0 Å². The van der Waals surface area contributed by atoms with E-state index in [1.807, 2.05) is 19.1 Å². The number of rotatable bonds is 6. The number of fused-ring (bicyclic) bond motifs is 1. The highest BCUT2D eigenvalue weighted by atomic mass is 32.2. The molecule has 0 saturated carbocycles. The summed E-state index contributed by atoms with van der Waals surface area (Å²) in [5.41, 5.74) is 2.92. The molecule has 158 valence electrons. The number of anilines is 1. The Hall–Kier alpha value is -3.45. The molecule has 0 spiro atoms. The number of nitrogens with one attached hydrogen (secondary N) is 1. The first kappa shape index (κ1) is 20.8. The van der Waals surface area contributed by atoms with E-state index >= 15 is 0 Å². The number of hydrogen-bond donors (Lipinski definition) is 1. The lowest BCUT2D eigenvalue weighted by Gasteiger charge is -2.07. The SMILES string of the molecule is Cc1cccc(NC(=O)CS(=O)(=O)c2cn(Cc3cccc(F)c3)c3ccccc23)c1. The lowest BCUT2D eigenvalue weighted by molar-refractivity contribution is -0.113. The van der Waals surface area contributed by atoms with E-state index in [0.29, 0.717) is 28.7 Å². The van der Waals surface area contributed by atoms with E-state index in [1.165, 1.54) is 18.3 Å². The molecular formula is C24H21FN2O3S. The predicted octanol–water partition coefficient (Wildman–Crippen LogP) is 4.55. The molecule has 31 heavy (non-hydrogen) atoms. The minimum atomic E-state index is -3.90. The van der Waals surface area contributed by atoms with Crippen LogP contribution in [-0.4, -0.2) is 24.6 Å². The third-order valence-corrected chi connectivity index (χ3v) is 6.59. The predicted molar refractivity (Wildman–Crippen MR) is 119 cm³/mol. The molecule has 4 rings (SSSR count). The van der Waals surface area contributed by atoms with Crippen LogP contribution in [0.1, 0.15) is 11.1 Å². The zero-order chi connectivity index (χ0) is 22.0. The molecule has 0 bridgehead atoms. The summed E-state index contributed by atoms with van der Waals surface area (Å²) in [4.78, 5) is 12.5. The van der Waals surface area contributed by atoms with Gasteiger partial charge in [-0.1, -0.05) is 42.5 Å². The molecule has 0 aliphatic heterocycles. The highest BCUT2D eigenvalue weighted by Crippen LogP contribution is 2.27. The van der Waals surface area contributed by atoms with Gasteiger partial charge in [-0.25, -0.2) is 12.8 Å². The summed E-state index contributed by atoms with van der Waals surface area (Å²) in [7, 11) is -3.90. The molecule has 3 aromatic carbocycles. The zero-order valence-corrected chi connectivity index (χ0v) is 17.7. The van der Waals surface area contributed by atoms with Crippen LogP contribution in [0.5, 0.6) is 0 Å². The Kier molecular flexibility index (Phi) is 5.61.